The predicted molar refractivity (Wildman–Crippen MR) is 92.5 cm³/mol. The number of esters is 2. The minimum Gasteiger partial charge on any atom is -0.464 e. The van der Waals surface area contributed by atoms with E-state index in [-0.39, 0.29) is 24.7 Å². The van der Waals surface area contributed by atoms with Crippen molar-refractivity contribution >= 4 is 29.4 Å². The van der Waals surface area contributed by atoms with Crippen LogP contribution in [0, 0.1) is 0 Å². The van der Waals surface area contributed by atoms with Gasteiger partial charge in [-0.3, -0.25) is 9.59 Å². The van der Waals surface area contributed by atoms with Gasteiger partial charge in [0.25, 0.3) is 5.91 Å². The summed E-state index contributed by atoms with van der Waals surface area (Å²) in [6.45, 7) is 3.99. The molecular weight excluding hydrogens is 340 g/mol. The maximum absolute atomic E-state index is 12.4. The summed E-state index contributed by atoms with van der Waals surface area (Å²) in [5.41, 5.74) is 0.954. The van der Waals surface area contributed by atoms with E-state index in [4.69, 9.17) is 9.47 Å². The molecule has 2 amide bonds. The molecule has 0 saturated carbocycles. The van der Waals surface area contributed by atoms with E-state index in [0.29, 0.717) is 18.7 Å². The Hall–Kier alpha value is -2.90. The van der Waals surface area contributed by atoms with Crippen LogP contribution in [0.1, 0.15) is 37.0 Å². The maximum Gasteiger partial charge on any atom is 0.340 e. The van der Waals surface area contributed by atoms with Crippen molar-refractivity contribution in [1.82, 2.24) is 5.32 Å². The van der Waals surface area contributed by atoms with Crippen molar-refractivity contribution in [3.05, 3.63) is 29.8 Å². The number of hydrogen-bond acceptors (Lipinski definition) is 6. The number of hydrogen-bond donors (Lipinski definition) is 1. The van der Waals surface area contributed by atoms with E-state index in [9.17, 15) is 19.2 Å². The van der Waals surface area contributed by atoms with Gasteiger partial charge in [-0.2, -0.15) is 0 Å². The molecule has 1 N–H and O–H groups in total. The highest BCUT2D eigenvalue weighted by atomic mass is 16.6. The van der Waals surface area contributed by atoms with Crippen LogP contribution in [0.5, 0.6) is 0 Å². The highest BCUT2D eigenvalue weighted by Gasteiger charge is 2.31. The molecule has 8 heteroatoms. The van der Waals surface area contributed by atoms with Gasteiger partial charge in [0.15, 0.2) is 0 Å². The molecule has 1 aliphatic rings. The first-order valence-electron chi connectivity index (χ1n) is 8.52. The Morgan fingerprint density at radius 1 is 1.08 bits per heavy atom. The van der Waals surface area contributed by atoms with Crippen molar-refractivity contribution in [2.24, 2.45) is 0 Å². The van der Waals surface area contributed by atoms with E-state index in [1.807, 2.05) is 0 Å². The number of rotatable bonds is 7. The predicted octanol–water partition coefficient (Wildman–Crippen LogP) is 1.04. The molecule has 0 aromatic heterocycles. The van der Waals surface area contributed by atoms with Crippen molar-refractivity contribution in [2.45, 2.75) is 32.7 Å². The molecule has 1 aliphatic heterocycles. The second-order valence-corrected chi connectivity index (χ2v) is 5.61. The molecule has 1 fully saturated rings. The first kappa shape index (κ1) is 19.4. The molecule has 2 rings (SSSR count). The number of nitrogens with zero attached hydrogens (tertiary/aromatic N) is 1. The molecule has 1 aromatic rings. The number of anilines is 1. The molecule has 0 spiro atoms. The van der Waals surface area contributed by atoms with Gasteiger partial charge in [0, 0.05) is 24.2 Å². The summed E-state index contributed by atoms with van der Waals surface area (Å²) in [5, 5.41) is 2.33. The second-order valence-electron chi connectivity index (χ2n) is 5.61. The summed E-state index contributed by atoms with van der Waals surface area (Å²) in [6, 6.07) is 4.85. The smallest absolute Gasteiger partial charge is 0.340 e. The minimum absolute atomic E-state index is 0.0480. The van der Waals surface area contributed by atoms with Crippen molar-refractivity contribution in [1.29, 1.82) is 0 Å². The van der Waals surface area contributed by atoms with E-state index in [2.05, 4.69) is 5.32 Å². The molecule has 1 aromatic carbocycles. The standard InChI is InChI=1S/C18H22N2O6/c1-3-25-17(23)15(18(24)26-4-2)19-16(22)12-7-9-13(10-8-12)20-11-5-6-14(20)21/h7-10,15H,3-6,11H2,1-2H3,(H,19,22). The maximum atomic E-state index is 12.4. The molecule has 140 valence electrons. The van der Waals surface area contributed by atoms with Crippen LogP contribution in [0.25, 0.3) is 0 Å². The molecule has 26 heavy (non-hydrogen) atoms. The molecule has 0 aliphatic carbocycles. The average Bonchev–Trinajstić information content (AvgIpc) is 3.06. The van der Waals surface area contributed by atoms with Gasteiger partial charge in [-0.1, -0.05) is 0 Å². The minimum atomic E-state index is -1.53. The van der Waals surface area contributed by atoms with E-state index < -0.39 is 23.9 Å². The number of carbonyl (C=O) groups is 4. The molecule has 1 heterocycles. The first-order chi connectivity index (χ1) is 12.5. The lowest BCUT2D eigenvalue weighted by molar-refractivity contribution is -0.157. The topological polar surface area (TPSA) is 102 Å². The molecular formula is C18H22N2O6. The summed E-state index contributed by atoms with van der Waals surface area (Å²) in [5.74, 6) is -2.32. The van der Waals surface area contributed by atoms with Crippen LogP contribution in [0.4, 0.5) is 5.69 Å². The summed E-state index contributed by atoms with van der Waals surface area (Å²) in [7, 11) is 0. The van der Waals surface area contributed by atoms with Crippen LogP contribution >= 0.6 is 0 Å². The average molecular weight is 362 g/mol. The summed E-state index contributed by atoms with van der Waals surface area (Å²) in [4.78, 5) is 49.6. The molecule has 1 saturated heterocycles. The molecule has 0 atom stereocenters. The first-order valence-corrected chi connectivity index (χ1v) is 8.52. The number of ether oxygens (including phenoxy) is 2. The number of carbonyl (C=O) groups excluding carboxylic acids is 4. The van der Waals surface area contributed by atoms with E-state index in [0.717, 1.165) is 6.42 Å². The molecule has 0 bridgehead atoms. The van der Waals surface area contributed by atoms with Gasteiger partial charge in [0.2, 0.25) is 11.9 Å². The van der Waals surface area contributed by atoms with Crippen LogP contribution in [-0.2, 0) is 23.9 Å². The Balaban J connectivity index is 2.09. The molecule has 0 unspecified atom stereocenters. The Labute approximate surface area is 151 Å². The van der Waals surface area contributed by atoms with Gasteiger partial charge in [0.1, 0.15) is 0 Å². The van der Waals surface area contributed by atoms with Crippen LogP contribution in [0.3, 0.4) is 0 Å². The number of benzene rings is 1. The van der Waals surface area contributed by atoms with Crippen molar-refractivity contribution in [3.63, 3.8) is 0 Å². The lowest BCUT2D eigenvalue weighted by atomic mass is 10.1. The fourth-order valence-electron chi connectivity index (χ4n) is 2.59. The van der Waals surface area contributed by atoms with Crippen LogP contribution in [0.15, 0.2) is 24.3 Å². The third-order valence-corrected chi connectivity index (χ3v) is 3.83. The summed E-state index contributed by atoms with van der Waals surface area (Å²) < 4.78 is 9.62. The number of nitrogens with one attached hydrogen (secondary N) is 1. The highest BCUT2D eigenvalue weighted by Crippen LogP contribution is 2.21. The lowest BCUT2D eigenvalue weighted by Gasteiger charge is -2.17. The lowest BCUT2D eigenvalue weighted by Crippen LogP contribution is -2.48. The fraction of sp³-hybridized carbons (Fsp3) is 0.444. The van der Waals surface area contributed by atoms with Crippen LogP contribution in [-0.4, -0.2) is 49.6 Å². The monoisotopic (exact) mass is 362 g/mol. The highest BCUT2D eigenvalue weighted by molar-refractivity contribution is 6.06. The van der Waals surface area contributed by atoms with E-state index in [1.54, 1.807) is 30.9 Å². The summed E-state index contributed by atoms with van der Waals surface area (Å²) in [6.07, 6.45) is 1.32. The van der Waals surface area contributed by atoms with Crippen LogP contribution < -0.4 is 10.2 Å². The van der Waals surface area contributed by atoms with Gasteiger partial charge < -0.3 is 19.7 Å². The number of amides is 2. The largest absolute Gasteiger partial charge is 0.464 e. The second kappa shape index (κ2) is 8.98. The van der Waals surface area contributed by atoms with Gasteiger partial charge in [-0.05, 0) is 44.5 Å². The van der Waals surface area contributed by atoms with Crippen molar-refractivity contribution in [2.75, 3.05) is 24.7 Å². The zero-order valence-electron chi connectivity index (χ0n) is 14.8. The summed E-state index contributed by atoms with van der Waals surface area (Å²) >= 11 is 0. The van der Waals surface area contributed by atoms with Crippen molar-refractivity contribution < 1.29 is 28.7 Å². The Morgan fingerprint density at radius 3 is 2.12 bits per heavy atom. The zero-order chi connectivity index (χ0) is 19.1. The third-order valence-electron chi connectivity index (χ3n) is 3.83. The normalized spacial score (nSPS) is 13.7. The third kappa shape index (κ3) is 4.59. The Morgan fingerprint density at radius 2 is 1.65 bits per heavy atom. The SMILES string of the molecule is CCOC(=O)C(NC(=O)c1ccc(N2CCCC2=O)cc1)C(=O)OCC. The van der Waals surface area contributed by atoms with Crippen molar-refractivity contribution in [3.8, 4) is 0 Å². The van der Waals surface area contributed by atoms with Gasteiger partial charge >= 0.3 is 11.9 Å². The zero-order valence-corrected chi connectivity index (χ0v) is 14.8. The molecule has 8 nitrogen and oxygen atoms in total. The Kier molecular flexibility index (Phi) is 6.71. The fourth-order valence-corrected chi connectivity index (χ4v) is 2.59. The van der Waals surface area contributed by atoms with E-state index >= 15 is 0 Å². The van der Waals surface area contributed by atoms with E-state index in [1.165, 1.54) is 12.1 Å². The van der Waals surface area contributed by atoms with Gasteiger partial charge in [0.05, 0.1) is 13.2 Å². The van der Waals surface area contributed by atoms with Gasteiger partial charge in [-0.15, -0.1) is 0 Å². The Bertz CT molecular complexity index is 667. The quantitative estimate of drug-likeness (QED) is 0.574. The van der Waals surface area contributed by atoms with Crippen LogP contribution in [0.2, 0.25) is 0 Å². The van der Waals surface area contributed by atoms with Gasteiger partial charge in [-0.25, -0.2) is 9.59 Å². The molecule has 0 radical (unpaired) electrons.